The maximum Gasteiger partial charge on any atom is 0.227 e. The van der Waals surface area contributed by atoms with Crippen molar-refractivity contribution in [3.05, 3.63) is 48.3 Å². The summed E-state index contributed by atoms with van der Waals surface area (Å²) in [6.45, 7) is 7.55. The van der Waals surface area contributed by atoms with Crippen LogP contribution < -0.4 is 0 Å². The van der Waals surface area contributed by atoms with E-state index in [1.807, 2.05) is 68.3 Å². The second kappa shape index (κ2) is 6.71. The molecule has 0 radical (unpaired) electrons. The molecule has 0 N–H and O–H groups in total. The minimum atomic E-state index is -0.331. The summed E-state index contributed by atoms with van der Waals surface area (Å²) in [6, 6.07) is 12.0. The fourth-order valence-corrected chi connectivity index (χ4v) is 3.20. The van der Waals surface area contributed by atoms with E-state index in [4.69, 9.17) is 4.98 Å². The van der Waals surface area contributed by atoms with Crippen molar-refractivity contribution in [2.24, 2.45) is 5.41 Å². The number of aromatic nitrogens is 2. The van der Waals surface area contributed by atoms with Gasteiger partial charge in [0.2, 0.25) is 5.91 Å². The van der Waals surface area contributed by atoms with E-state index in [0.29, 0.717) is 0 Å². The molecule has 4 heteroatoms. The average Bonchev–Trinajstić information content (AvgIpc) is 2.61. The lowest BCUT2D eigenvalue weighted by Crippen LogP contribution is -2.44. The molecule has 2 heterocycles. The third-order valence-corrected chi connectivity index (χ3v) is 4.48. The highest BCUT2D eigenvalue weighted by molar-refractivity contribution is 5.81. The van der Waals surface area contributed by atoms with E-state index >= 15 is 0 Å². The molecule has 24 heavy (non-hydrogen) atoms. The Balaban J connectivity index is 1.80. The summed E-state index contributed by atoms with van der Waals surface area (Å²) in [7, 11) is 0. The predicted octanol–water partition coefficient (Wildman–Crippen LogP) is 3.90. The molecule has 0 bridgehead atoms. The summed E-state index contributed by atoms with van der Waals surface area (Å²) in [5, 5.41) is 0. The van der Waals surface area contributed by atoms with E-state index in [2.05, 4.69) is 4.98 Å². The molecule has 3 rings (SSSR count). The maximum atomic E-state index is 12.6. The number of benzene rings is 1. The SMILES string of the molecule is CC(C)(C)C(=O)N1CCCC(c2ccnc(-c3ccccc3)n2)C1. The van der Waals surface area contributed by atoms with Gasteiger partial charge in [0.05, 0.1) is 0 Å². The van der Waals surface area contributed by atoms with Gasteiger partial charge in [0.1, 0.15) is 0 Å². The zero-order chi connectivity index (χ0) is 17.2. The Morgan fingerprint density at radius 3 is 2.62 bits per heavy atom. The molecule has 1 saturated heterocycles. The van der Waals surface area contributed by atoms with Crippen LogP contribution in [0.5, 0.6) is 0 Å². The van der Waals surface area contributed by atoms with Crippen LogP contribution in [0.15, 0.2) is 42.6 Å². The van der Waals surface area contributed by atoms with Gasteiger partial charge in [-0.25, -0.2) is 9.97 Å². The fraction of sp³-hybridized carbons (Fsp3) is 0.450. The van der Waals surface area contributed by atoms with Crippen LogP contribution in [0, 0.1) is 5.41 Å². The van der Waals surface area contributed by atoms with Gasteiger partial charge in [0, 0.05) is 41.9 Å². The standard InChI is InChI=1S/C20H25N3O/c1-20(2,3)19(24)23-13-7-10-16(14-23)17-11-12-21-18(22-17)15-8-5-4-6-9-15/h4-6,8-9,11-12,16H,7,10,13-14H2,1-3H3. The van der Waals surface area contributed by atoms with Gasteiger partial charge in [0.25, 0.3) is 0 Å². The lowest BCUT2D eigenvalue weighted by molar-refractivity contribution is -0.140. The molecule has 0 saturated carbocycles. The number of nitrogens with zero attached hydrogens (tertiary/aromatic N) is 3. The Morgan fingerprint density at radius 1 is 1.17 bits per heavy atom. The highest BCUT2D eigenvalue weighted by Crippen LogP contribution is 2.29. The predicted molar refractivity (Wildman–Crippen MR) is 95.5 cm³/mol. The largest absolute Gasteiger partial charge is 0.342 e. The first-order valence-corrected chi connectivity index (χ1v) is 8.63. The van der Waals surface area contributed by atoms with Crippen molar-refractivity contribution in [2.75, 3.05) is 13.1 Å². The molecule has 1 aromatic heterocycles. The Kier molecular flexibility index (Phi) is 4.65. The molecule has 1 amide bonds. The van der Waals surface area contributed by atoms with Gasteiger partial charge < -0.3 is 4.90 Å². The maximum absolute atomic E-state index is 12.6. The second-order valence-corrected chi connectivity index (χ2v) is 7.51. The van der Waals surface area contributed by atoms with E-state index in [1.54, 1.807) is 0 Å². The number of hydrogen-bond acceptors (Lipinski definition) is 3. The van der Waals surface area contributed by atoms with E-state index < -0.39 is 0 Å². The summed E-state index contributed by atoms with van der Waals surface area (Å²) in [4.78, 5) is 23.8. The third-order valence-electron chi connectivity index (χ3n) is 4.48. The van der Waals surface area contributed by atoms with Crippen LogP contribution in [0.2, 0.25) is 0 Å². The van der Waals surface area contributed by atoms with Crippen molar-refractivity contribution in [3.63, 3.8) is 0 Å². The summed E-state index contributed by atoms with van der Waals surface area (Å²) in [5.41, 5.74) is 1.73. The summed E-state index contributed by atoms with van der Waals surface area (Å²) >= 11 is 0. The molecule has 0 aliphatic carbocycles. The number of hydrogen-bond donors (Lipinski definition) is 0. The zero-order valence-corrected chi connectivity index (χ0v) is 14.7. The molecule has 4 nitrogen and oxygen atoms in total. The first kappa shape index (κ1) is 16.6. The van der Waals surface area contributed by atoms with Crippen LogP contribution in [0.1, 0.15) is 45.2 Å². The van der Waals surface area contributed by atoms with Crippen molar-refractivity contribution in [1.82, 2.24) is 14.9 Å². The van der Waals surface area contributed by atoms with Crippen LogP contribution in [0.25, 0.3) is 11.4 Å². The van der Waals surface area contributed by atoms with Gasteiger partial charge in [-0.15, -0.1) is 0 Å². The van der Waals surface area contributed by atoms with E-state index in [-0.39, 0.29) is 17.2 Å². The first-order valence-electron chi connectivity index (χ1n) is 8.63. The molecule has 1 aliphatic rings. The third kappa shape index (κ3) is 3.64. The molecule has 1 fully saturated rings. The Hall–Kier alpha value is -2.23. The number of rotatable bonds is 2. The summed E-state index contributed by atoms with van der Waals surface area (Å²) in [6.07, 6.45) is 3.92. The van der Waals surface area contributed by atoms with Gasteiger partial charge in [0.15, 0.2) is 5.82 Å². The van der Waals surface area contributed by atoms with Gasteiger partial charge in [-0.2, -0.15) is 0 Å². The number of amides is 1. The Bertz CT molecular complexity index is 706. The lowest BCUT2D eigenvalue weighted by atomic mass is 9.90. The smallest absolute Gasteiger partial charge is 0.227 e. The molecular weight excluding hydrogens is 298 g/mol. The van der Waals surface area contributed by atoms with Crippen LogP contribution in [0.4, 0.5) is 0 Å². The molecule has 1 aliphatic heterocycles. The van der Waals surface area contributed by atoms with Crippen LogP contribution in [0.3, 0.4) is 0 Å². The quantitative estimate of drug-likeness (QED) is 0.842. The van der Waals surface area contributed by atoms with Gasteiger partial charge >= 0.3 is 0 Å². The Labute approximate surface area is 143 Å². The van der Waals surface area contributed by atoms with Crippen molar-refractivity contribution in [3.8, 4) is 11.4 Å². The van der Waals surface area contributed by atoms with Crippen molar-refractivity contribution >= 4 is 5.91 Å². The number of piperidine rings is 1. The zero-order valence-electron chi connectivity index (χ0n) is 14.7. The number of carbonyl (C=O) groups excluding carboxylic acids is 1. The minimum absolute atomic E-state index is 0.226. The average molecular weight is 323 g/mol. The topological polar surface area (TPSA) is 46.1 Å². The Morgan fingerprint density at radius 2 is 1.92 bits per heavy atom. The minimum Gasteiger partial charge on any atom is -0.342 e. The molecule has 0 spiro atoms. The highest BCUT2D eigenvalue weighted by atomic mass is 16.2. The van der Waals surface area contributed by atoms with Crippen molar-refractivity contribution < 1.29 is 4.79 Å². The van der Waals surface area contributed by atoms with Crippen LogP contribution >= 0.6 is 0 Å². The molecule has 126 valence electrons. The summed E-state index contributed by atoms with van der Waals surface area (Å²) < 4.78 is 0. The van der Waals surface area contributed by atoms with Crippen LogP contribution in [-0.4, -0.2) is 33.9 Å². The van der Waals surface area contributed by atoms with E-state index in [9.17, 15) is 4.79 Å². The van der Waals surface area contributed by atoms with Gasteiger partial charge in [-0.3, -0.25) is 4.79 Å². The van der Waals surface area contributed by atoms with Gasteiger partial charge in [-0.05, 0) is 18.9 Å². The lowest BCUT2D eigenvalue weighted by Gasteiger charge is -2.36. The summed E-state index contributed by atoms with van der Waals surface area (Å²) in [5.74, 6) is 1.27. The molecule has 1 atom stereocenters. The number of carbonyl (C=O) groups is 1. The van der Waals surface area contributed by atoms with E-state index in [0.717, 1.165) is 43.0 Å². The van der Waals surface area contributed by atoms with Crippen molar-refractivity contribution in [1.29, 1.82) is 0 Å². The normalized spacial score (nSPS) is 18.5. The molecule has 2 aromatic rings. The second-order valence-electron chi connectivity index (χ2n) is 7.51. The van der Waals surface area contributed by atoms with Crippen LogP contribution in [-0.2, 0) is 4.79 Å². The molecular formula is C20H25N3O. The fourth-order valence-electron chi connectivity index (χ4n) is 3.20. The van der Waals surface area contributed by atoms with Crippen molar-refractivity contribution in [2.45, 2.75) is 39.5 Å². The molecule has 1 unspecified atom stereocenters. The van der Waals surface area contributed by atoms with Gasteiger partial charge in [-0.1, -0.05) is 51.1 Å². The van der Waals surface area contributed by atoms with E-state index in [1.165, 1.54) is 0 Å². The highest BCUT2D eigenvalue weighted by Gasteiger charge is 2.31. The molecule has 1 aromatic carbocycles. The number of likely N-dealkylation sites (tertiary alicyclic amines) is 1. The monoisotopic (exact) mass is 323 g/mol. The first-order chi connectivity index (χ1) is 11.4.